The molecule has 28 heavy (non-hydrogen) atoms. The van der Waals surface area contributed by atoms with Gasteiger partial charge in [-0.2, -0.15) is 0 Å². The van der Waals surface area contributed by atoms with Gasteiger partial charge in [0.15, 0.2) is 5.43 Å². The first-order valence-corrected chi connectivity index (χ1v) is 10.5. The molecule has 2 aromatic carbocycles. The minimum absolute atomic E-state index is 0.0127. The number of hydrogen-bond acceptors (Lipinski definition) is 6. The predicted molar refractivity (Wildman–Crippen MR) is 116 cm³/mol. The van der Waals surface area contributed by atoms with Crippen LogP contribution >= 0.6 is 22.9 Å². The molecule has 0 atom stereocenters. The van der Waals surface area contributed by atoms with E-state index in [1.165, 1.54) is 0 Å². The Morgan fingerprint density at radius 1 is 1.07 bits per heavy atom. The zero-order valence-corrected chi connectivity index (χ0v) is 17.1. The average Bonchev–Trinajstić information content (AvgIpc) is 2.72. The van der Waals surface area contributed by atoms with Gasteiger partial charge in [0, 0.05) is 26.1 Å². The Labute approximate surface area is 172 Å². The van der Waals surface area contributed by atoms with Crippen molar-refractivity contribution in [2.75, 3.05) is 25.7 Å². The van der Waals surface area contributed by atoms with Crippen molar-refractivity contribution < 1.29 is 14.9 Å². The van der Waals surface area contributed by atoms with Crippen LogP contribution < -0.4 is 15.9 Å². The van der Waals surface area contributed by atoms with E-state index in [2.05, 4.69) is 0 Å². The molecule has 0 fully saturated rings. The molecule has 1 aromatic heterocycles. The lowest BCUT2D eigenvalue weighted by Gasteiger charge is -2.24. The number of halogens is 1. The van der Waals surface area contributed by atoms with Gasteiger partial charge >= 0.3 is 0 Å². The van der Waals surface area contributed by atoms with Gasteiger partial charge in [0.25, 0.3) is 0 Å². The van der Waals surface area contributed by atoms with E-state index in [1.54, 1.807) is 17.4 Å². The fourth-order valence-electron chi connectivity index (χ4n) is 2.97. The molecule has 1 heterocycles. The zero-order chi connectivity index (χ0) is 20.1. The maximum atomic E-state index is 13.0. The molecule has 0 saturated carbocycles. The van der Waals surface area contributed by atoms with Crippen molar-refractivity contribution in [1.82, 2.24) is 0 Å². The lowest BCUT2D eigenvalue weighted by atomic mass is 9.93. The second kappa shape index (κ2) is 9.20. The van der Waals surface area contributed by atoms with Crippen LogP contribution in [0.1, 0.15) is 18.4 Å². The Hall–Kier alpha value is -1.70. The maximum Gasteiger partial charge on any atom is 0.195 e. The number of aliphatic hydroxyl groups excluding tert-OH is 2. The molecule has 7 heteroatoms. The second-order valence-electron chi connectivity index (χ2n) is 6.99. The van der Waals surface area contributed by atoms with E-state index in [0.29, 0.717) is 36.1 Å². The molecule has 0 amide bonds. The Balaban J connectivity index is 1.91. The maximum absolute atomic E-state index is 13.0. The first-order valence-electron chi connectivity index (χ1n) is 9.18. The quantitative estimate of drug-likeness (QED) is 0.280. The van der Waals surface area contributed by atoms with Gasteiger partial charge in [-0.05, 0) is 55.2 Å². The summed E-state index contributed by atoms with van der Waals surface area (Å²) in [5, 5.41) is 20.0. The standard InChI is InChI=1S/C21H24ClNO4S/c22-8-1-9-27-15-3-4-16-19(11-15)28-18-5-2-14(10-17(18)20(16)26)6-7-21(23,12-24)13-25/h2-5,10-11,24-25H,1,6-9,12-13,23H2. The number of aryl methyl sites for hydroxylation is 1. The summed E-state index contributed by atoms with van der Waals surface area (Å²) in [6.45, 7) is -0.0248. The zero-order valence-electron chi connectivity index (χ0n) is 15.5. The number of ether oxygens (including phenoxy) is 1. The summed E-state index contributed by atoms with van der Waals surface area (Å²) in [5.74, 6) is 1.28. The summed E-state index contributed by atoms with van der Waals surface area (Å²) in [7, 11) is 0. The smallest absolute Gasteiger partial charge is 0.195 e. The molecule has 0 spiro atoms. The SMILES string of the molecule is NC(CO)(CO)CCc1ccc2sc3cc(OCCCCl)ccc3c(=O)c2c1. The van der Waals surface area contributed by atoms with Crippen molar-refractivity contribution in [3.05, 3.63) is 52.2 Å². The average molecular weight is 422 g/mol. The number of hydrogen-bond donors (Lipinski definition) is 3. The summed E-state index contributed by atoms with van der Waals surface area (Å²) >= 11 is 7.22. The van der Waals surface area contributed by atoms with Crippen LogP contribution in [0.5, 0.6) is 5.75 Å². The van der Waals surface area contributed by atoms with Crippen molar-refractivity contribution in [2.24, 2.45) is 5.73 Å². The third kappa shape index (κ3) is 4.64. The van der Waals surface area contributed by atoms with Crippen LogP contribution in [-0.4, -0.2) is 41.5 Å². The van der Waals surface area contributed by atoms with Gasteiger partial charge in [-0.15, -0.1) is 22.9 Å². The summed E-state index contributed by atoms with van der Waals surface area (Å²) in [6, 6.07) is 11.3. The van der Waals surface area contributed by atoms with Crippen molar-refractivity contribution in [3.8, 4) is 5.75 Å². The summed E-state index contributed by atoms with van der Waals surface area (Å²) in [4.78, 5) is 13.0. The predicted octanol–water partition coefficient (Wildman–Crippen LogP) is 3.04. The third-order valence-corrected chi connectivity index (χ3v) is 6.20. The van der Waals surface area contributed by atoms with Gasteiger partial charge in [0.05, 0.1) is 25.4 Å². The normalized spacial score (nSPS) is 12.0. The Bertz CT molecular complexity index is 1020. The lowest BCUT2D eigenvalue weighted by Crippen LogP contribution is -2.47. The van der Waals surface area contributed by atoms with Crippen LogP contribution in [-0.2, 0) is 6.42 Å². The van der Waals surface area contributed by atoms with Crippen molar-refractivity contribution >= 4 is 43.1 Å². The molecule has 4 N–H and O–H groups in total. The molecule has 0 unspecified atom stereocenters. The first kappa shape index (κ1) is 21.0. The van der Waals surface area contributed by atoms with Crippen molar-refractivity contribution in [1.29, 1.82) is 0 Å². The van der Waals surface area contributed by atoms with Crippen LogP contribution in [0.4, 0.5) is 0 Å². The van der Waals surface area contributed by atoms with Gasteiger partial charge in [0.2, 0.25) is 0 Å². The molecule has 5 nitrogen and oxygen atoms in total. The minimum atomic E-state index is -1.01. The number of alkyl halides is 1. The third-order valence-electron chi connectivity index (χ3n) is 4.79. The Morgan fingerprint density at radius 3 is 2.57 bits per heavy atom. The van der Waals surface area contributed by atoms with Gasteiger partial charge in [0.1, 0.15) is 5.75 Å². The fourth-order valence-corrected chi connectivity index (χ4v) is 4.16. The van der Waals surface area contributed by atoms with Crippen molar-refractivity contribution in [2.45, 2.75) is 24.8 Å². The van der Waals surface area contributed by atoms with Crippen molar-refractivity contribution in [3.63, 3.8) is 0 Å². The van der Waals surface area contributed by atoms with Crippen LogP contribution in [0, 0.1) is 0 Å². The van der Waals surface area contributed by atoms with E-state index in [-0.39, 0.29) is 18.6 Å². The monoisotopic (exact) mass is 421 g/mol. The van der Waals surface area contributed by atoms with E-state index in [1.807, 2.05) is 30.3 Å². The van der Waals surface area contributed by atoms with Crippen LogP contribution in [0.15, 0.2) is 41.2 Å². The van der Waals surface area contributed by atoms with E-state index in [0.717, 1.165) is 27.1 Å². The summed E-state index contributed by atoms with van der Waals surface area (Å²) < 4.78 is 7.47. The Kier molecular flexibility index (Phi) is 6.91. The topological polar surface area (TPSA) is 92.8 Å². The molecule has 0 bridgehead atoms. The molecule has 0 aliphatic carbocycles. The highest BCUT2D eigenvalue weighted by Crippen LogP contribution is 2.29. The summed E-state index contributed by atoms with van der Waals surface area (Å²) in [6.07, 6.45) is 1.77. The first-order chi connectivity index (χ1) is 13.5. The number of benzene rings is 2. The molecule has 0 radical (unpaired) electrons. The van der Waals surface area contributed by atoms with Crippen LogP contribution in [0.25, 0.3) is 20.2 Å². The number of aliphatic hydroxyl groups is 2. The second-order valence-corrected chi connectivity index (χ2v) is 8.45. The van der Waals surface area contributed by atoms with Gasteiger partial charge in [-0.3, -0.25) is 4.79 Å². The molecular formula is C21H24ClNO4S. The van der Waals surface area contributed by atoms with Crippen LogP contribution in [0.3, 0.4) is 0 Å². The number of nitrogens with two attached hydrogens (primary N) is 1. The van der Waals surface area contributed by atoms with E-state index in [9.17, 15) is 15.0 Å². The molecule has 0 aliphatic rings. The molecule has 150 valence electrons. The van der Waals surface area contributed by atoms with Gasteiger partial charge in [-0.25, -0.2) is 0 Å². The minimum Gasteiger partial charge on any atom is -0.494 e. The van der Waals surface area contributed by atoms with E-state index in [4.69, 9.17) is 22.1 Å². The molecule has 3 rings (SSSR count). The largest absolute Gasteiger partial charge is 0.494 e. The molecule has 0 aliphatic heterocycles. The van der Waals surface area contributed by atoms with Gasteiger partial charge < -0.3 is 20.7 Å². The fraction of sp³-hybridized carbons (Fsp3) is 0.381. The molecule has 3 aromatic rings. The highest BCUT2D eigenvalue weighted by molar-refractivity contribution is 7.24. The Morgan fingerprint density at radius 2 is 1.86 bits per heavy atom. The molecule has 0 saturated heterocycles. The lowest BCUT2D eigenvalue weighted by molar-refractivity contribution is 0.115. The van der Waals surface area contributed by atoms with Crippen LogP contribution in [0.2, 0.25) is 0 Å². The molecular weight excluding hydrogens is 398 g/mol. The van der Waals surface area contributed by atoms with E-state index >= 15 is 0 Å². The highest BCUT2D eigenvalue weighted by Gasteiger charge is 2.22. The van der Waals surface area contributed by atoms with E-state index < -0.39 is 5.54 Å². The number of fused-ring (bicyclic) bond motifs is 2. The van der Waals surface area contributed by atoms with Gasteiger partial charge in [-0.1, -0.05) is 6.07 Å². The highest BCUT2D eigenvalue weighted by atomic mass is 35.5. The summed E-state index contributed by atoms with van der Waals surface area (Å²) in [5.41, 5.74) is 5.87. The number of rotatable bonds is 9.